The van der Waals surface area contributed by atoms with E-state index in [0.29, 0.717) is 6.54 Å². The molecular weight excluding hydrogens is 302 g/mol. The lowest BCUT2D eigenvalue weighted by molar-refractivity contribution is 0.0243. The third-order valence-electron chi connectivity index (χ3n) is 4.74. The van der Waals surface area contributed by atoms with Crippen LogP contribution >= 0.6 is 0 Å². The van der Waals surface area contributed by atoms with Gasteiger partial charge in [0.25, 0.3) is 0 Å². The van der Waals surface area contributed by atoms with Gasteiger partial charge in [-0.3, -0.25) is 4.99 Å². The zero-order chi connectivity index (χ0) is 16.8. The van der Waals surface area contributed by atoms with Gasteiger partial charge >= 0.3 is 0 Å². The van der Waals surface area contributed by atoms with Crippen molar-refractivity contribution in [3.05, 3.63) is 29.8 Å². The SMILES string of the molecule is CN=C(NCc1ccccc1OCC1CC1)NCC1(C)CCCO1. The molecule has 1 saturated carbocycles. The van der Waals surface area contributed by atoms with Crippen molar-refractivity contribution in [1.82, 2.24) is 10.6 Å². The van der Waals surface area contributed by atoms with Crippen LogP contribution in [-0.4, -0.2) is 38.4 Å². The molecule has 0 radical (unpaired) electrons. The van der Waals surface area contributed by atoms with Crippen molar-refractivity contribution in [2.75, 3.05) is 26.8 Å². The number of guanidine groups is 1. The van der Waals surface area contributed by atoms with Gasteiger partial charge in [-0.25, -0.2) is 0 Å². The molecule has 0 amide bonds. The lowest BCUT2D eigenvalue weighted by Gasteiger charge is -2.24. The van der Waals surface area contributed by atoms with E-state index >= 15 is 0 Å². The first kappa shape index (κ1) is 17.1. The normalized spacial score (nSPS) is 24.0. The van der Waals surface area contributed by atoms with E-state index < -0.39 is 0 Å². The monoisotopic (exact) mass is 331 g/mol. The highest BCUT2D eigenvalue weighted by Gasteiger charge is 2.29. The topological polar surface area (TPSA) is 54.9 Å². The molecule has 5 heteroatoms. The van der Waals surface area contributed by atoms with Crippen LogP contribution in [0.5, 0.6) is 5.75 Å². The predicted molar refractivity (Wildman–Crippen MR) is 96.5 cm³/mol. The zero-order valence-electron chi connectivity index (χ0n) is 14.8. The van der Waals surface area contributed by atoms with Crippen molar-refractivity contribution in [3.63, 3.8) is 0 Å². The number of hydrogen-bond donors (Lipinski definition) is 2. The van der Waals surface area contributed by atoms with Gasteiger partial charge in [0.15, 0.2) is 5.96 Å². The molecule has 1 heterocycles. The summed E-state index contributed by atoms with van der Waals surface area (Å²) in [4.78, 5) is 4.31. The molecule has 1 atom stereocenters. The van der Waals surface area contributed by atoms with E-state index in [0.717, 1.165) is 55.8 Å². The molecule has 1 unspecified atom stereocenters. The van der Waals surface area contributed by atoms with Gasteiger partial charge in [0.05, 0.1) is 12.2 Å². The fourth-order valence-corrected chi connectivity index (χ4v) is 2.93. The van der Waals surface area contributed by atoms with Crippen LogP contribution in [0.3, 0.4) is 0 Å². The second-order valence-corrected chi connectivity index (χ2v) is 7.04. The second kappa shape index (κ2) is 7.88. The van der Waals surface area contributed by atoms with Gasteiger partial charge in [0, 0.05) is 32.3 Å². The Kier molecular flexibility index (Phi) is 5.61. The Bertz CT molecular complexity index is 563. The summed E-state index contributed by atoms with van der Waals surface area (Å²) in [5, 5.41) is 6.75. The lowest BCUT2D eigenvalue weighted by atomic mass is 10.0. The van der Waals surface area contributed by atoms with Gasteiger partial charge in [-0.05, 0) is 44.6 Å². The highest BCUT2D eigenvalue weighted by Crippen LogP contribution is 2.30. The van der Waals surface area contributed by atoms with Crippen LogP contribution in [0.1, 0.15) is 38.2 Å². The molecule has 1 saturated heterocycles. The number of nitrogens with one attached hydrogen (secondary N) is 2. The molecule has 0 aromatic heterocycles. The molecule has 1 aromatic rings. The van der Waals surface area contributed by atoms with Crippen LogP contribution in [0.15, 0.2) is 29.3 Å². The molecule has 1 aromatic carbocycles. The molecule has 132 valence electrons. The maximum Gasteiger partial charge on any atom is 0.191 e. The Morgan fingerprint density at radius 3 is 2.88 bits per heavy atom. The molecule has 3 rings (SSSR count). The average molecular weight is 331 g/mol. The minimum atomic E-state index is -0.0805. The summed E-state index contributed by atoms with van der Waals surface area (Å²) in [5.74, 6) is 2.52. The first-order valence-electron chi connectivity index (χ1n) is 8.98. The average Bonchev–Trinajstić information content (AvgIpc) is 3.34. The molecule has 0 spiro atoms. The molecule has 1 aliphatic carbocycles. The first-order valence-corrected chi connectivity index (χ1v) is 8.98. The molecule has 24 heavy (non-hydrogen) atoms. The number of ether oxygens (including phenoxy) is 2. The molecular formula is C19H29N3O2. The van der Waals surface area contributed by atoms with Crippen molar-refractivity contribution in [3.8, 4) is 5.75 Å². The quantitative estimate of drug-likeness (QED) is 0.596. The van der Waals surface area contributed by atoms with Crippen LogP contribution < -0.4 is 15.4 Å². The molecule has 1 aliphatic heterocycles. The van der Waals surface area contributed by atoms with Crippen LogP contribution in [0.2, 0.25) is 0 Å². The van der Waals surface area contributed by atoms with Gasteiger partial charge in [0.1, 0.15) is 5.75 Å². The highest BCUT2D eigenvalue weighted by atomic mass is 16.5. The fraction of sp³-hybridized carbons (Fsp3) is 0.632. The molecule has 2 fully saturated rings. The number of hydrogen-bond acceptors (Lipinski definition) is 3. The Morgan fingerprint density at radius 1 is 1.33 bits per heavy atom. The van der Waals surface area contributed by atoms with Crippen molar-refractivity contribution in [1.29, 1.82) is 0 Å². The Balaban J connectivity index is 1.49. The summed E-state index contributed by atoms with van der Waals surface area (Å²) >= 11 is 0. The predicted octanol–water partition coefficient (Wildman–Crippen LogP) is 2.71. The summed E-state index contributed by atoms with van der Waals surface area (Å²) < 4.78 is 11.8. The van der Waals surface area contributed by atoms with Crippen LogP contribution in [0, 0.1) is 5.92 Å². The van der Waals surface area contributed by atoms with E-state index in [1.807, 2.05) is 18.2 Å². The largest absolute Gasteiger partial charge is 0.493 e. The van der Waals surface area contributed by atoms with Crippen molar-refractivity contribution >= 4 is 5.96 Å². The minimum Gasteiger partial charge on any atom is -0.493 e. The maximum atomic E-state index is 5.96. The van der Waals surface area contributed by atoms with E-state index in [1.54, 1.807) is 7.05 Å². The summed E-state index contributed by atoms with van der Waals surface area (Å²) in [6.45, 7) is 5.31. The number of benzene rings is 1. The van der Waals surface area contributed by atoms with Gasteiger partial charge < -0.3 is 20.1 Å². The third kappa shape index (κ3) is 4.87. The molecule has 2 N–H and O–H groups in total. The van der Waals surface area contributed by atoms with Crippen LogP contribution in [-0.2, 0) is 11.3 Å². The Morgan fingerprint density at radius 2 is 2.17 bits per heavy atom. The van der Waals surface area contributed by atoms with Crippen LogP contribution in [0.4, 0.5) is 0 Å². The number of aliphatic imine (C=N–C) groups is 1. The van der Waals surface area contributed by atoms with Crippen LogP contribution in [0.25, 0.3) is 0 Å². The zero-order valence-corrected chi connectivity index (χ0v) is 14.8. The van der Waals surface area contributed by atoms with Crippen molar-refractivity contribution < 1.29 is 9.47 Å². The lowest BCUT2D eigenvalue weighted by Crippen LogP contribution is -2.45. The minimum absolute atomic E-state index is 0.0805. The van der Waals surface area contributed by atoms with Gasteiger partial charge in [-0.15, -0.1) is 0 Å². The fourth-order valence-electron chi connectivity index (χ4n) is 2.93. The maximum absolute atomic E-state index is 5.96. The summed E-state index contributed by atoms with van der Waals surface area (Å²) in [6, 6.07) is 8.22. The standard InChI is InChI=1S/C19H29N3O2/c1-19(10-5-11-24-19)14-22-18(20-2)21-12-16-6-3-4-7-17(16)23-13-15-8-9-15/h3-4,6-7,15H,5,8-14H2,1-2H3,(H2,20,21,22). The summed E-state index contributed by atoms with van der Waals surface area (Å²) in [5.41, 5.74) is 1.08. The van der Waals surface area contributed by atoms with Gasteiger partial charge in [-0.1, -0.05) is 18.2 Å². The molecule has 5 nitrogen and oxygen atoms in total. The first-order chi connectivity index (χ1) is 11.7. The van der Waals surface area contributed by atoms with E-state index in [9.17, 15) is 0 Å². The van der Waals surface area contributed by atoms with E-state index in [-0.39, 0.29) is 5.60 Å². The second-order valence-electron chi connectivity index (χ2n) is 7.04. The third-order valence-corrected chi connectivity index (χ3v) is 4.74. The van der Waals surface area contributed by atoms with Crippen molar-refractivity contribution in [2.45, 2.75) is 44.8 Å². The van der Waals surface area contributed by atoms with Gasteiger partial charge in [0.2, 0.25) is 0 Å². The van der Waals surface area contributed by atoms with E-state index in [2.05, 4.69) is 28.6 Å². The van der Waals surface area contributed by atoms with Gasteiger partial charge in [-0.2, -0.15) is 0 Å². The number of para-hydroxylation sites is 1. The number of rotatable bonds is 7. The smallest absolute Gasteiger partial charge is 0.191 e. The highest BCUT2D eigenvalue weighted by molar-refractivity contribution is 5.79. The molecule has 0 bridgehead atoms. The number of nitrogens with zero attached hydrogens (tertiary/aromatic N) is 1. The summed E-state index contributed by atoms with van der Waals surface area (Å²) in [7, 11) is 1.79. The Hall–Kier alpha value is -1.75. The molecule has 2 aliphatic rings. The Labute approximate surface area is 144 Å². The van der Waals surface area contributed by atoms with E-state index in [4.69, 9.17) is 9.47 Å². The van der Waals surface area contributed by atoms with Crippen molar-refractivity contribution in [2.24, 2.45) is 10.9 Å². The van der Waals surface area contributed by atoms with E-state index in [1.165, 1.54) is 12.8 Å². The summed E-state index contributed by atoms with van der Waals surface area (Å²) in [6.07, 6.45) is 4.83.